The lowest BCUT2D eigenvalue weighted by atomic mass is 10.1. The van der Waals surface area contributed by atoms with E-state index in [2.05, 4.69) is 25.2 Å². The molecular weight excluding hydrogens is 110 g/mol. The maximum absolute atomic E-state index is 3.18. The van der Waals surface area contributed by atoms with Crippen molar-refractivity contribution in [2.45, 2.75) is 20.3 Å². The van der Waals surface area contributed by atoms with Crippen LogP contribution in [-0.4, -0.2) is 6.54 Å². The summed E-state index contributed by atoms with van der Waals surface area (Å²) in [6, 6.07) is 0. The molecular formula is C8H13N. The molecule has 0 aromatic heterocycles. The Bertz CT molecular complexity index is 154. The van der Waals surface area contributed by atoms with Crippen LogP contribution in [0.4, 0.5) is 0 Å². The molecule has 1 heterocycles. The molecule has 0 saturated heterocycles. The third-order valence-corrected chi connectivity index (χ3v) is 1.75. The van der Waals surface area contributed by atoms with Crippen molar-refractivity contribution >= 4 is 0 Å². The topological polar surface area (TPSA) is 12.0 Å². The van der Waals surface area contributed by atoms with Crippen molar-refractivity contribution < 1.29 is 0 Å². The second-order valence-electron chi connectivity index (χ2n) is 2.35. The Morgan fingerprint density at radius 2 is 2.44 bits per heavy atom. The number of hydrogen-bond donors (Lipinski definition) is 1. The fraction of sp³-hybridized carbons (Fsp3) is 0.500. The Hall–Kier alpha value is -0.720. The Labute approximate surface area is 56.5 Å². The minimum Gasteiger partial charge on any atom is -0.387 e. The zero-order chi connectivity index (χ0) is 6.69. The van der Waals surface area contributed by atoms with Crippen molar-refractivity contribution in [1.82, 2.24) is 5.32 Å². The molecule has 0 aliphatic carbocycles. The predicted octanol–water partition coefficient (Wildman–Crippen LogP) is 1.83. The van der Waals surface area contributed by atoms with Gasteiger partial charge < -0.3 is 5.32 Å². The van der Waals surface area contributed by atoms with Gasteiger partial charge in [0, 0.05) is 6.54 Å². The molecule has 1 aliphatic heterocycles. The van der Waals surface area contributed by atoms with E-state index >= 15 is 0 Å². The molecule has 50 valence electrons. The molecule has 0 fully saturated rings. The van der Waals surface area contributed by atoms with Gasteiger partial charge in [0.2, 0.25) is 0 Å². The predicted molar refractivity (Wildman–Crippen MR) is 40.1 cm³/mol. The molecule has 0 unspecified atom stereocenters. The summed E-state index contributed by atoms with van der Waals surface area (Å²) in [5, 5.41) is 3.18. The Balaban J connectivity index is 2.72. The molecule has 0 aromatic carbocycles. The van der Waals surface area contributed by atoms with Crippen LogP contribution in [0.25, 0.3) is 0 Å². The highest BCUT2D eigenvalue weighted by Crippen LogP contribution is 2.10. The quantitative estimate of drug-likeness (QED) is 0.561. The summed E-state index contributed by atoms with van der Waals surface area (Å²) in [7, 11) is 0. The summed E-state index contributed by atoms with van der Waals surface area (Å²) < 4.78 is 0. The van der Waals surface area contributed by atoms with Gasteiger partial charge in [-0.1, -0.05) is 6.92 Å². The zero-order valence-corrected chi connectivity index (χ0v) is 6.07. The average Bonchev–Trinajstić information content (AvgIpc) is 1.89. The second kappa shape index (κ2) is 2.72. The van der Waals surface area contributed by atoms with Crippen LogP contribution in [0.5, 0.6) is 0 Å². The van der Waals surface area contributed by atoms with Crippen LogP contribution in [0.3, 0.4) is 0 Å². The van der Waals surface area contributed by atoms with Crippen molar-refractivity contribution in [2.75, 3.05) is 6.54 Å². The standard InChI is InChI=1S/C8H13N/c1-3-8-6-9-5-4-7(8)2/h4-5,9H,3,6H2,1-2H3. The first-order valence-electron chi connectivity index (χ1n) is 3.43. The molecule has 0 amide bonds. The van der Waals surface area contributed by atoms with Gasteiger partial charge in [-0.05, 0) is 36.8 Å². The third kappa shape index (κ3) is 1.35. The molecule has 0 bridgehead atoms. The Morgan fingerprint density at radius 1 is 1.67 bits per heavy atom. The lowest BCUT2D eigenvalue weighted by molar-refractivity contribution is 0.856. The lowest BCUT2D eigenvalue weighted by Gasteiger charge is -2.11. The number of dihydropyridines is 1. The van der Waals surface area contributed by atoms with Crippen molar-refractivity contribution in [3.63, 3.8) is 0 Å². The van der Waals surface area contributed by atoms with Gasteiger partial charge >= 0.3 is 0 Å². The van der Waals surface area contributed by atoms with Gasteiger partial charge in [-0.3, -0.25) is 0 Å². The van der Waals surface area contributed by atoms with E-state index in [-0.39, 0.29) is 0 Å². The van der Waals surface area contributed by atoms with Gasteiger partial charge in [0.05, 0.1) is 0 Å². The van der Waals surface area contributed by atoms with Crippen molar-refractivity contribution in [1.29, 1.82) is 0 Å². The monoisotopic (exact) mass is 123 g/mol. The van der Waals surface area contributed by atoms with Crippen LogP contribution in [0.2, 0.25) is 0 Å². The highest BCUT2D eigenvalue weighted by molar-refractivity contribution is 5.27. The Kier molecular flexibility index (Phi) is 1.93. The molecule has 1 aliphatic rings. The highest BCUT2D eigenvalue weighted by Gasteiger charge is 1.99. The van der Waals surface area contributed by atoms with Crippen LogP contribution in [0, 0.1) is 0 Å². The van der Waals surface area contributed by atoms with E-state index in [1.165, 1.54) is 17.6 Å². The molecule has 1 heteroatoms. The van der Waals surface area contributed by atoms with E-state index in [0.29, 0.717) is 0 Å². The van der Waals surface area contributed by atoms with Gasteiger partial charge in [-0.25, -0.2) is 0 Å². The van der Waals surface area contributed by atoms with Gasteiger partial charge in [0.25, 0.3) is 0 Å². The van der Waals surface area contributed by atoms with Gasteiger partial charge in [-0.2, -0.15) is 0 Å². The molecule has 1 rings (SSSR count). The number of nitrogens with one attached hydrogen (secondary N) is 1. The van der Waals surface area contributed by atoms with Crippen molar-refractivity contribution in [2.24, 2.45) is 0 Å². The van der Waals surface area contributed by atoms with Crippen LogP contribution < -0.4 is 5.32 Å². The van der Waals surface area contributed by atoms with Gasteiger partial charge in [-0.15, -0.1) is 0 Å². The normalized spacial score (nSPS) is 18.0. The summed E-state index contributed by atoms with van der Waals surface area (Å²) in [4.78, 5) is 0. The first-order valence-corrected chi connectivity index (χ1v) is 3.43. The van der Waals surface area contributed by atoms with E-state index in [0.717, 1.165) is 6.54 Å². The SMILES string of the molecule is CCC1=C(C)C=CNC1. The van der Waals surface area contributed by atoms with Gasteiger partial charge in [0.1, 0.15) is 0 Å². The molecule has 1 nitrogen and oxygen atoms in total. The molecule has 0 spiro atoms. The minimum absolute atomic E-state index is 1.04. The second-order valence-corrected chi connectivity index (χ2v) is 2.35. The Morgan fingerprint density at radius 3 is 2.89 bits per heavy atom. The molecule has 9 heavy (non-hydrogen) atoms. The largest absolute Gasteiger partial charge is 0.387 e. The first kappa shape index (κ1) is 6.40. The summed E-state index contributed by atoms with van der Waals surface area (Å²) in [5.74, 6) is 0. The summed E-state index contributed by atoms with van der Waals surface area (Å²) >= 11 is 0. The van der Waals surface area contributed by atoms with Crippen LogP contribution >= 0.6 is 0 Å². The third-order valence-electron chi connectivity index (χ3n) is 1.75. The molecule has 0 aromatic rings. The summed E-state index contributed by atoms with van der Waals surface area (Å²) in [6.45, 7) is 5.40. The molecule has 0 radical (unpaired) electrons. The molecule has 1 N–H and O–H groups in total. The minimum atomic E-state index is 1.04. The maximum atomic E-state index is 3.18. The maximum Gasteiger partial charge on any atom is 0.0360 e. The summed E-state index contributed by atoms with van der Waals surface area (Å²) in [6.07, 6.45) is 5.31. The van der Waals surface area contributed by atoms with E-state index in [4.69, 9.17) is 0 Å². The van der Waals surface area contributed by atoms with Gasteiger partial charge in [0.15, 0.2) is 0 Å². The zero-order valence-electron chi connectivity index (χ0n) is 6.07. The van der Waals surface area contributed by atoms with Crippen LogP contribution in [-0.2, 0) is 0 Å². The van der Waals surface area contributed by atoms with Crippen molar-refractivity contribution in [3.05, 3.63) is 23.4 Å². The van der Waals surface area contributed by atoms with E-state index in [1.807, 2.05) is 6.20 Å². The fourth-order valence-corrected chi connectivity index (χ4v) is 1.03. The van der Waals surface area contributed by atoms with E-state index < -0.39 is 0 Å². The van der Waals surface area contributed by atoms with E-state index in [9.17, 15) is 0 Å². The number of allylic oxidation sites excluding steroid dienone is 2. The highest BCUT2D eigenvalue weighted by atomic mass is 14.8. The average molecular weight is 123 g/mol. The smallest absolute Gasteiger partial charge is 0.0360 e. The number of rotatable bonds is 1. The number of hydrogen-bond acceptors (Lipinski definition) is 1. The van der Waals surface area contributed by atoms with Crippen molar-refractivity contribution in [3.8, 4) is 0 Å². The first-order chi connectivity index (χ1) is 4.34. The summed E-state index contributed by atoms with van der Waals surface area (Å²) in [5.41, 5.74) is 2.95. The molecule has 0 atom stereocenters. The molecule has 0 saturated carbocycles. The van der Waals surface area contributed by atoms with Crippen LogP contribution in [0.1, 0.15) is 20.3 Å². The fourth-order valence-electron chi connectivity index (χ4n) is 1.03. The lowest BCUT2D eigenvalue weighted by Crippen LogP contribution is -2.13. The van der Waals surface area contributed by atoms with E-state index in [1.54, 1.807) is 0 Å². The van der Waals surface area contributed by atoms with Crippen LogP contribution in [0.15, 0.2) is 23.4 Å².